The van der Waals surface area contributed by atoms with Crippen LogP contribution in [0.4, 0.5) is 13.2 Å². The van der Waals surface area contributed by atoms with E-state index in [-0.39, 0.29) is 17.2 Å². The van der Waals surface area contributed by atoms with Crippen molar-refractivity contribution >= 4 is 7.32 Å². The van der Waals surface area contributed by atoms with E-state index >= 15 is 0 Å². The fraction of sp³-hybridized carbons (Fsp3) is 0. The predicted octanol–water partition coefficient (Wildman–Crippen LogP) is 4.63. The van der Waals surface area contributed by atoms with Crippen LogP contribution in [0.25, 0.3) is 0 Å². The summed E-state index contributed by atoms with van der Waals surface area (Å²) < 4.78 is 56.3. The highest BCUT2D eigenvalue weighted by Gasteiger charge is 2.30. The van der Waals surface area contributed by atoms with E-state index in [1.165, 1.54) is 54.6 Å². The van der Waals surface area contributed by atoms with Crippen molar-refractivity contribution in [3.63, 3.8) is 0 Å². The van der Waals surface area contributed by atoms with Crippen LogP contribution in [0.15, 0.2) is 72.8 Å². The van der Waals surface area contributed by atoms with E-state index in [0.29, 0.717) is 0 Å². The minimum atomic E-state index is -1.38. The number of halogens is 3. The zero-order valence-corrected chi connectivity index (χ0v) is 12.9. The molecule has 3 rings (SSSR count). The highest BCUT2D eigenvalue weighted by Crippen LogP contribution is 2.20. The quantitative estimate of drug-likeness (QED) is 0.611. The summed E-state index contributed by atoms with van der Waals surface area (Å²) in [4.78, 5) is 0. The molecule has 25 heavy (non-hydrogen) atoms. The first-order valence-electron chi connectivity index (χ1n) is 7.35. The first-order valence-corrected chi connectivity index (χ1v) is 7.35. The van der Waals surface area contributed by atoms with Crippen molar-refractivity contribution in [1.82, 2.24) is 0 Å². The molecule has 0 unspecified atom stereocenters. The monoisotopic (exact) mass is 344 g/mol. The Labute approximate surface area is 142 Å². The predicted molar refractivity (Wildman–Crippen MR) is 86.8 cm³/mol. The van der Waals surface area contributed by atoms with Gasteiger partial charge in [0.15, 0.2) is 0 Å². The molecule has 0 bridgehead atoms. The van der Waals surface area contributed by atoms with Gasteiger partial charge in [0.2, 0.25) is 0 Å². The first-order chi connectivity index (χ1) is 12.1. The molecule has 0 fully saturated rings. The maximum atomic E-state index is 13.3. The molecule has 0 atom stereocenters. The molecule has 0 saturated heterocycles. The standard InChI is InChI=1S/C18H12BF3O3/c20-13-4-1-7-16(10-13)23-19(24-17-8-2-5-14(21)11-17)25-18-9-3-6-15(22)12-18/h1-12H. The number of benzene rings is 3. The molecule has 7 heteroatoms. The van der Waals surface area contributed by atoms with Gasteiger partial charge < -0.3 is 14.0 Å². The molecule has 126 valence electrons. The SMILES string of the molecule is Fc1cccc(OB(Oc2cccc(F)c2)Oc2cccc(F)c2)c1. The van der Waals surface area contributed by atoms with Gasteiger partial charge in [-0.25, -0.2) is 13.2 Å². The summed E-state index contributed by atoms with van der Waals surface area (Å²) in [5.74, 6) is -1.11. The van der Waals surface area contributed by atoms with E-state index < -0.39 is 24.8 Å². The van der Waals surface area contributed by atoms with E-state index in [4.69, 9.17) is 14.0 Å². The van der Waals surface area contributed by atoms with Crippen LogP contribution < -0.4 is 14.0 Å². The second kappa shape index (κ2) is 7.66. The molecule has 0 radical (unpaired) electrons. The molecule has 0 N–H and O–H groups in total. The van der Waals surface area contributed by atoms with E-state index in [0.717, 1.165) is 18.2 Å². The largest absolute Gasteiger partial charge is 0.864 e. The molecule has 0 aliphatic rings. The second-order valence-corrected chi connectivity index (χ2v) is 5.01. The zero-order chi connectivity index (χ0) is 17.6. The molecule has 0 heterocycles. The van der Waals surface area contributed by atoms with Gasteiger partial charge >= 0.3 is 7.32 Å². The molecular weight excluding hydrogens is 332 g/mol. The van der Waals surface area contributed by atoms with Crippen molar-refractivity contribution in [2.24, 2.45) is 0 Å². The fourth-order valence-corrected chi connectivity index (χ4v) is 2.03. The van der Waals surface area contributed by atoms with Crippen LogP contribution in [0, 0.1) is 17.5 Å². The van der Waals surface area contributed by atoms with Crippen LogP contribution in [-0.4, -0.2) is 7.32 Å². The average molecular weight is 344 g/mol. The van der Waals surface area contributed by atoms with Crippen LogP contribution in [0.3, 0.4) is 0 Å². The first kappa shape index (κ1) is 16.8. The summed E-state index contributed by atoms with van der Waals surface area (Å²) in [6, 6.07) is 16.0. The third kappa shape index (κ3) is 4.94. The Morgan fingerprint density at radius 2 is 0.840 bits per heavy atom. The van der Waals surface area contributed by atoms with Crippen LogP contribution in [0.2, 0.25) is 0 Å². The number of hydrogen-bond donors (Lipinski definition) is 0. The van der Waals surface area contributed by atoms with Crippen molar-refractivity contribution in [3.8, 4) is 17.2 Å². The maximum absolute atomic E-state index is 13.3. The Kier molecular flexibility index (Phi) is 5.13. The molecular formula is C18H12BF3O3. The van der Waals surface area contributed by atoms with Gasteiger partial charge in [-0.05, 0) is 36.4 Å². The summed E-state index contributed by atoms with van der Waals surface area (Å²) >= 11 is 0. The molecule has 0 amide bonds. The van der Waals surface area contributed by atoms with Gasteiger partial charge in [0, 0.05) is 18.2 Å². The molecule has 3 nitrogen and oxygen atoms in total. The summed E-state index contributed by atoms with van der Waals surface area (Å²) in [6.45, 7) is 0. The highest BCUT2D eigenvalue weighted by molar-refractivity contribution is 6.39. The average Bonchev–Trinajstić information content (AvgIpc) is 2.55. The Bertz CT molecular complexity index is 747. The lowest BCUT2D eigenvalue weighted by atomic mass is 10.2. The van der Waals surface area contributed by atoms with Crippen LogP contribution in [0.1, 0.15) is 0 Å². The Morgan fingerprint density at radius 1 is 0.520 bits per heavy atom. The normalized spacial score (nSPS) is 10.2. The fourth-order valence-electron chi connectivity index (χ4n) is 2.03. The van der Waals surface area contributed by atoms with Gasteiger partial charge in [0.25, 0.3) is 0 Å². The third-order valence-electron chi connectivity index (χ3n) is 3.09. The Hall–Kier alpha value is -3.09. The van der Waals surface area contributed by atoms with Gasteiger partial charge in [0.1, 0.15) is 34.7 Å². The van der Waals surface area contributed by atoms with Crippen LogP contribution in [-0.2, 0) is 0 Å². The van der Waals surface area contributed by atoms with Crippen molar-refractivity contribution in [2.45, 2.75) is 0 Å². The molecule has 0 aliphatic carbocycles. The molecule has 0 aromatic heterocycles. The minimum absolute atomic E-state index is 0.137. The lowest BCUT2D eigenvalue weighted by molar-refractivity contribution is 0.305. The maximum Gasteiger partial charge on any atom is 0.864 e. The molecule has 0 spiro atoms. The third-order valence-corrected chi connectivity index (χ3v) is 3.09. The van der Waals surface area contributed by atoms with Gasteiger partial charge in [-0.2, -0.15) is 0 Å². The van der Waals surface area contributed by atoms with E-state index in [2.05, 4.69) is 0 Å². The lowest BCUT2D eigenvalue weighted by Crippen LogP contribution is -2.37. The van der Waals surface area contributed by atoms with Crippen LogP contribution >= 0.6 is 0 Å². The van der Waals surface area contributed by atoms with E-state index in [1.807, 2.05) is 0 Å². The van der Waals surface area contributed by atoms with Crippen molar-refractivity contribution in [1.29, 1.82) is 0 Å². The van der Waals surface area contributed by atoms with Gasteiger partial charge in [-0.1, -0.05) is 18.2 Å². The summed E-state index contributed by atoms with van der Waals surface area (Å²) in [5, 5.41) is 0. The van der Waals surface area contributed by atoms with E-state index in [1.54, 1.807) is 0 Å². The Morgan fingerprint density at radius 3 is 1.12 bits per heavy atom. The molecule has 3 aromatic rings. The number of hydrogen-bond acceptors (Lipinski definition) is 3. The Balaban J connectivity index is 1.82. The van der Waals surface area contributed by atoms with Gasteiger partial charge in [0.05, 0.1) is 0 Å². The lowest BCUT2D eigenvalue weighted by Gasteiger charge is -2.16. The van der Waals surface area contributed by atoms with Crippen LogP contribution in [0.5, 0.6) is 17.2 Å². The second-order valence-electron chi connectivity index (χ2n) is 5.01. The van der Waals surface area contributed by atoms with Gasteiger partial charge in [-0.15, -0.1) is 0 Å². The molecule has 3 aromatic carbocycles. The van der Waals surface area contributed by atoms with Crippen molar-refractivity contribution < 1.29 is 27.1 Å². The zero-order valence-electron chi connectivity index (χ0n) is 12.9. The molecule has 0 aliphatic heterocycles. The summed E-state index contributed by atoms with van der Waals surface area (Å²) in [7, 11) is -1.38. The molecule has 0 saturated carbocycles. The highest BCUT2D eigenvalue weighted by atomic mass is 19.1. The van der Waals surface area contributed by atoms with E-state index in [9.17, 15) is 13.2 Å². The number of rotatable bonds is 6. The minimum Gasteiger partial charge on any atom is -0.489 e. The van der Waals surface area contributed by atoms with Crippen molar-refractivity contribution in [3.05, 3.63) is 90.2 Å². The summed E-state index contributed by atoms with van der Waals surface area (Å²) in [6.07, 6.45) is 0. The van der Waals surface area contributed by atoms with Gasteiger partial charge in [-0.3, -0.25) is 0 Å². The van der Waals surface area contributed by atoms with Crippen molar-refractivity contribution in [2.75, 3.05) is 0 Å². The summed E-state index contributed by atoms with van der Waals surface area (Å²) in [5.41, 5.74) is 0. The topological polar surface area (TPSA) is 27.7 Å². The smallest absolute Gasteiger partial charge is 0.489 e.